The number of amides is 1. The summed E-state index contributed by atoms with van der Waals surface area (Å²) in [5, 5.41) is 16.5. The number of carboxylic acids is 1. The number of rotatable bonds is 9. The molecule has 2 fully saturated rings. The Hall–Kier alpha value is -2.05. The first-order chi connectivity index (χ1) is 14.0. The molecule has 2 saturated carbocycles. The lowest BCUT2D eigenvalue weighted by atomic mass is 9.69. The molecule has 7 heteroatoms. The topological polar surface area (TPSA) is 102 Å². The lowest BCUT2D eigenvalue weighted by Gasteiger charge is -2.35. The molecule has 0 spiro atoms. The third kappa shape index (κ3) is 5.99. The number of carboxylic acid groups (broad SMARTS) is 1. The molecule has 0 radical (unpaired) electrons. The molecule has 1 aromatic heterocycles. The highest BCUT2D eigenvalue weighted by molar-refractivity contribution is 5.69. The Bertz CT molecular complexity index is 754. The van der Waals surface area contributed by atoms with E-state index >= 15 is 0 Å². The number of hydrogen-bond donors (Lipinski definition) is 2. The van der Waals surface area contributed by atoms with Gasteiger partial charge in [-0.1, -0.05) is 19.0 Å². The van der Waals surface area contributed by atoms with Crippen LogP contribution in [0.5, 0.6) is 0 Å². The molecule has 3 rings (SSSR count). The first-order valence-corrected chi connectivity index (χ1v) is 11.2. The molecule has 2 aliphatic carbocycles. The van der Waals surface area contributed by atoms with E-state index in [1.54, 1.807) is 20.8 Å². The molecule has 0 unspecified atom stereocenters. The van der Waals surface area contributed by atoms with E-state index < -0.39 is 23.6 Å². The van der Waals surface area contributed by atoms with E-state index in [1.807, 2.05) is 0 Å². The number of nitrogens with one attached hydrogen (secondary N) is 1. The van der Waals surface area contributed by atoms with Crippen molar-refractivity contribution in [1.29, 1.82) is 0 Å². The molecule has 2 aliphatic rings. The average molecular weight is 421 g/mol. The lowest BCUT2D eigenvalue weighted by Crippen LogP contribution is -2.35. The molecule has 0 aliphatic heterocycles. The molecule has 0 aromatic carbocycles. The largest absolute Gasteiger partial charge is 0.481 e. The van der Waals surface area contributed by atoms with Gasteiger partial charge in [0.05, 0.1) is 12.1 Å². The van der Waals surface area contributed by atoms with E-state index in [2.05, 4.69) is 24.3 Å². The van der Waals surface area contributed by atoms with E-state index in [1.165, 1.54) is 6.42 Å². The predicted molar refractivity (Wildman–Crippen MR) is 113 cm³/mol. The van der Waals surface area contributed by atoms with Crippen molar-refractivity contribution in [3.8, 4) is 0 Å². The summed E-state index contributed by atoms with van der Waals surface area (Å²) in [4.78, 5) is 23.6. The molecule has 168 valence electrons. The van der Waals surface area contributed by atoms with Crippen molar-refractivity contribution in [2.75, 3.05) is 6.54 Å². The lowest BCUT2D eigenvalue weighted by molar-refractivity contribution is -0.137. The highest BCUT2D eigenvalue weighted by atomic mass is 16.6. The van der Waals surface area contributed by atoms with Crippen molar-refractivity contribution in [2.45, 2.75) is 96.5 Å². The molecule has 2 N–H and O–H groups in total. The summed E-state index contributed by atoms with van der Waals surface area (Å²) in [5.74, 6) is 1.83. The fraction of sp³-hybridized carbons (Fsp3) is 0.783. The number of carbonyl (C=O) groups is 2. The van der Waals surface area contributed by atoms with Gasteiger partial charge in [-0.05, 0) is 70.6 Å². The second kappa shape index (κ2) is 8.98. The summed E-state index contributed by atoms with van der Waals surface area (Å²) in [6, 6.07) is 0. The molecule has 1 atom stereocenters. The van der Waals surface area contributed by atoms with E-state index in [0.717, 1.165) is 42.9 Å². The van der Waals surface area contributed by atoms with Crippen LogP contribution in [0.1, 0.15) is 108 Å². The number of aromatic nitrogens is 1. The van der Waals surface area contributed by atoms with Gasteiger partial charge < -0.3 is 19.7 Å². The molecule has 0 bridgehead atoms. The first-order valence-electron chi connectivity index (χ1n) is 11.2. The molecule has 1 aromatic rings. The van der Waals surface area contributed by atoms with Crippen LogP contribution in [0.3, 0.4) is 0 Å². The van der Waals surface area contributed by atoms with E-state index in [9.17, 15) is 14.7 Å². The highest BCUT2D eigenvalue weighted by Crippen LogP contribution is 2.52. The smallest absolute Gasteiger partial charge is 0.407 e. The van der Waals surface area contributed by atoms with Crippen LogP contribution in [0.15, 0.2) is 4.52 Å². The molecular weight excluding hydrogens is 384 g/mol. The van der Waals surface area contributed by atoms with E-state index in [0.29, 0.717) is 23.4 Å². The van der Waals surface area contributed by atoms with Gasteiger partial charge in [-0.15, -0.1) is 0 Å². The molecule has 7 nitrogen and oxygen atoms in total. The first kappa shape index (κ1) is 22.6. The Morgan fingerprint density at radius 1 is 1.23 bits per heavy atom. The number of hydrogen-bond acceptors (Lipinski definition) is 5. The number of nitrogens with zero attached hydrogens (tertiary/aromatic N) is 1. The van der Waals surface area contributed by atoms with Gasteiger partial charge in [-0.2, -0.15) is 0 Å². The second-order valence-electron chi connectivity index (χ2n) is 10.5. The van der Waals surface area contributed by atoms with Crippen LogP contribution in [-0.4, -0.2) is 34.5 Å². The second-order valence-corrected chi connectivity index (χ2v) is 10.5. The van der Waals surface area contributed by atoms with Crippen molar-refractivity contribution in [3.05, 3.63) is 17.0 Å². The maximum atomic E-state index is 12.1. The van der Waals surface area contributed by atoms with Crippen molar-refractivity contribution in [1.82, 2.24) is 10.5 Å². The standard InChI is InChI=1S/C23H36N2O5/c1-13(2)8-14-9-16(10-14)21-19(15-6-7-15)20(25-30-21)17(11-18(26)27)12-24-22(28)29-23(3,4)5/h13-17H,6-12H2,1-5H3,(H,24,28)(H,26,27)/t14-,16+,17-/m1/s1. The number of alkyl carbamates (subject to hydrolysis) is 1. The number of carbonyl (C=O) groups excluding carboxylic acids is 1. The fourth-order valence-corrected chi connectivity index (χ4v) is 4.50. The monoisotopic (exact) mass is 420 g/mol. The quantitative estimate of drug-likeness (QED) is 0.571. The van der Waals surface area contributed by atoms with Crippen molar-refractivity contribution < 1.29 is 24.0 Å². The van der Waals surface area contributed by atoms with Crippen LogP contribution in [0.4, 0.5) is 4.79 Å². The van der Waals surface area contributed by atoms with Crippen molar-refractivity contribution >= 4 is 12.1 Å². The summed E-state index contributed by atoms with van der Waals surface area (Å²) < 4.78 is 11.1. The Kier molecular flexibility index (Phi) is 6.78. The van der Waals surface area contributed by atoms with Crippen LogP contribution in [0, 0.1) is 11.8 Å². The summed E-state index contributed by atoms with van der Waals surface area (Å²) in [6.07, 6.45) is 4.98. The van der Waals surface area contributed by atoms with Crippen LogP contribution < -0.4 is 5.32 Å². The van der Waals surface area contributed by atoms with Crippen LogP contribution >= 0.6 is 0 Å². The molecule has 0 saturated heterocycles. The SMILES string of the molecule is CC(C)C[C@H]1C[C@@H](c2onc([C@@H](CNC(=O)OC(C)(C)C)CC(=O)O)c2C2CC2)C1. The normalized spacial score (nSPS) is 22.5. The van der Waals surface area contributed by atoms with Gasteiger partial charge in [0.1, 0.15) is 11.4 Å². The van der Waals surface area contributed by atoms with Gasteiger partial charge in [0.25, 0.3) is 0 Å². The maximum absolute atomic E-state index is 12.1. The summed E-state index contributed by atoms with van der Waals surface area (Å²) >= 11 is 0. The molecule has 30 heavy (non-hydrogen) atoms. The third-order valence-electron chi connectivity index (χ3n) is 5.88. The van der Waals surface area contributed by atoms with Gasteiger partial charge in [0.2, 0.25) is 0 Å². The highest BCUT2D eigenvalue weighted by Gasteiger charge is 2.41. The van der Waals surface area contributed by atoms with Crippen LogP contribution in [0.2, 0.25) is 0 Å². The Morgan fingerprint density at radius 3 is 2.43 bits per heavy atom. The maximum Gasteiger partial charge on any atom is 0.407 e. The number of aliphatic carboxylic acids is 1. The number of ether oxygens (including phenoxy) is 1. The van der Waals surface area contributed by atoms with E-state index in [4.69, 9.17) is 9.26 Å². The van der Waals surface area contributed by atoms with Gasteiger partial charge in [0, 0.05) is 23.9 Å². The van der Waals surface area contributed by atoms with E-state index in [-0.39, 0.29) is 13.0 Å². The summed E-state index contributed by atoms with van der Waals surface area (Å²) in [6.45, 7) is 10.0. The van der Waals surface area contributed by atoms with Gasteiger partial charge in [0.15, 0.2) is 0 Å². The Balaban J connectivity index is 1.73. The zero-order valence-electron chi connectivity index (χ0n) is 18.9. The molecule has 1 amide bonds. The van der Waals surface area contributed by atoms with Crippen molar-refractivity contribution in [2.24, 2.45) is 11.8 Å². The van der Waals surface area contributed by atoms with Crippen LogP contribution in [-0.2, 0) is 9.53 Å². The van der Waals surface area contributed by atoms with Crippen molar-refractivity contribution in [3.63, 3.8) is 0 Å². The molecule has 1 heterocycles. The summed E-state index contributed by atoms with van der Waals surface area (Å²) in [7, 11) is 0. The minimum absolute atomic E-state index is 0.109. The zero-order valence-corrected chi connectivity index (χ0v) is 18.9. The van der Waals surface area contributed by atoms with Crippen LogP contribution in [0.25, 0.3) is 0 Å². The minimum Gasteiger partial charge on any atom is -0.481 e. The Morgan fingerprint density at radius 2 is 1.90 bits per heavy atom. The van der Waals surface area contributed by atoms with Gasteiger partial charge in [-0.25, -0.2) is 4.79 Å². The zero-order chi connectivity index (χ0) is 22.1. The van der Waals surface area contributed by atoms with Gasteiger partial charge >= 0.3 is 12.1 Å². The third-order valence-corrected chi connectivity index (χ3v) is 5.88. The average Bonchev–Trinajstić information content (AvgIpc) is 3.31. The minimum atomic E-state index is -0.919. The van der Waals surface area contributed by atoms with Gasteiger partial charge in [-0.3, -0.25) is 4.79 Å². The Labute approximate surface area is 178 Å². The summed E-state index contributed by atoms with van der Waals surface area (Å²) in [5.41, 5.74) is 1.21. The predicted octanol–water partition coefficient (Wildman–Crippen LogP) is 5.17. The fourth-order valence-electron chi connectivity index (χ4n) is 4.50. The molecular formula is C23H36N2O5.